The van der Waals surface area contributed by atoms with E-state index in [9.17, 15) is 4.79 Å². The van der Waals surface area contributed by atoms with Gasteiger partial charge in [-0.05, 0) is 42.8 Å². The van der Waals surface area contributed by atoms with Crippen LogP contribution in [0, 0.1) is 0 Å². The first-order chi connectivity index (χ1) is 11.6. The summed E-state index contributed by atoms with van der Waals surface area (Å²) in [7, 11) is 1.65. The molecule has 0 saturated carbocycles. The third-order valence-electron chi connectivity index (χ3n) is 3.61. The molecule has 0 N–H and O–H groups in total. The number of amides is 1. The Morgan fingerprint density at radius 2 is 2.12 bits per heavy atom. The third kappa shape index (κ3) is 3.44. The molecule has 0 aliphatic carbocycles. The van der Waals surface area contributed by atoms with Crippen LogP contribution in [0.5, 0.6) is 5.75 Å². The smallest absolute Gasteiger partial charge is 0.279 e. The number of halogens is 1. The molecule has 124 valence electrons. The normalized spacial score (nSPS) is 11.9. The van der Waals surface area contributed by atoms with E-state index in [1.807, 2.05) is 30.3 Å². The molecule has 0 saturated heterocycles. The van der Waals surface area contributed by atoms with Crippen LogP contribution in [0.3, 0.4) is 0 Å². The molecular weight excluding hydrogens is 388 g/mol. The van der Waals surface area contributed by atoms with Crippen molar-refractivity contribution in [2.45, 2.75) is 19.9 Å². The maximum Gasteiger partial charge on any atom is 0.279 e. The summed E-state index contributed by atoms with van der Waals surface area (Å²) in [5, 5.41) is 0. The van der Waals surface area contributed by atoms with Crippen molar-refractivity contribution in [3.8, 4) is 5.75 Å². The van der Waals surface area contributed by atoms with Gasteiger partial charge in [0.15, 0.2) is 4.80 Å². The minimum Gasteiger partial charge on any atom is -0.497 e. The van der Waals surface area contributed by atoms with E-state index < -0.39 is 0 Å². The Balaban J connectivity index is 2.13. The second kappa shape index (κ2) is 7.32. The highest BCUT2D eigenvalue weighted by Crippen LogP contribution is 2.23. The molecule has 1 heterocycles. The van der Waals surface area contributed by atoms with E-state index in [0.717, 1.165) is 33.4 Å². The molecule has 3 aromatic rings. The van der Waals surface area contributed by atoms with Gasteiger partial charge in [-0.25, -0.2) is 0 Å². The number of hydrogen-bond donors (Lipinski definition) is 0. The number of methoxy groups -OCH3 is 1. The molecule has 3 rings (SSSR count). The summed E-state index contributed by atoms with van der Waals surface area (Å²) in [5.74, 6) is 0.567. The van der Waals surface area contributed by atoms with E-state index in [1.165, 1.54) is 11.3 Å². The van der Waals surface area contributed by atoms with Gasteiger partial charge in [0, 0.05) is 16.6 Å². The van der Waals surface area contributed by atoms with Gasteiger partial charge in [0.2, 0.25) is 0 Å². The monoisotopic (exact) mass is 404 g/mol. The molecule has 0 bridgehead atoms. The van der Waals surface area contributed by atoms with Gasteiger partial charge in [-0.3, -0.25) is 4.79 Å². The summed E-state index contributed by atoms with van der Waals surface area (Å²) in [5.41, 5.74) is 1.64. The fraction of sp³-hybridized carbons (Fsp3) is 0.222. The van der Waals surface area contributed by atoms with E-state index in [1.54, 1.807) is 19.2 Å². The molecule has 1 amide bonds. The van der Waals surface area contributed by atoms with Crippen LogP contribution < -0.4 is 9.54 Å². The van der Waals surface area contributed by atoms with Gasteiger partial charge in [-0.15, -0.1) is 0 Å². The average Bonchev–Trinajstić information content (AvgIpc) is 2.91. The lowest BCUT2D eigenvalue weighted by Crippen LogP contribution is -2.16. The zero-order chi connectivity index (χ0) is 17.1. The van der Waals surface area contributed by atoms with Crippen molar-refractivity contribution in [2.24, 2.45) is 4.99 Å². The zero-order valence-electron chi connectivity index (χ0n) is 13.5. The number of nitrogens with zero attached hydrogens (tertiary/aromatic N) is 2. The van der Waals surface area contributed by atoms with E-state index in [0.29, 0.717) is 10.4 Å². The average molecular weight is 405 g/mol. The molecule has 0 spiro atoms. The lowest BCUT2D eigenvalue weighted by Gasteiger charge is -2.03. The number of ether oxygens (including phenoxy) is 1. The van der Waals surface area contributed by atoms with Crippen LogP contribution in [-0.2, 0) is 6.54 Å². The van der Waals surface area contributed by atoms with Crippen molar-refractivity contribution in [1.82, 2.24) is 4.57 Å². The van der Waals surface area contributed by atoms with E-state index in [4.69, 9.17) is 4.74 Å². The van der Waals surface area contributed by atoms with Crippen molar-refractivity contribution >= 4 is 43.4 Å². The highest BCUT2D eigenvalue weighted by Gasteiger charge is 2.10. The molecule has 4 nitrogen and oxygen atoms in total. The second-order valence-electron chi connectivity index (χ2n) is 5.30. The predicted molar refractivity (Wildman–Crippen MR) is 101 cm³/mol. The first-order valence-electron chi connectivity index (χ1n) is 7.64. The van der Waals surface area contributed by atoms with Gasteiger partial charge in [-0.2, -0.15) is 4.99 Å². The second-order valence-corrected chi connectivity index (χ2v) is 7.22. The standard InChI is InChI=1S/C18H17BrN2O2S/c1-3-9-21-15-8-7-14(23-2)11-16(15)24-18(21)20-17(22)12-5-4-6-13(19)10-12/h4-8,10-11H,3,9H2,1-2H3. The van der Waals surface area contributed by atoms with Crippen molar-refractivity contribution in [1.29, 1.82) is 0 Å². The molecule has 0 aliphatic heterocycles. The van der Waals surface area contributed by atoms with Gasteiger partial charge in [-0.1, -0.05) is 40.3 Å². The lowest BCUT2D eigenvalue weighted by molar-refractivity contribution is 0.0997. The van der Waals surface area contributed by atoms with E-state index in [-0.39, 0.29) is 5.91 Å². The minimum atomic E-state index is -0.236. The van der Waals surface area contributed by atoms with Crippen LogP contribution >= 0.6 is 27.3 Å². The van der Waals surface area contributed by atoms with Gasteiger partial charge >= 0.3 is 0 Å². The van der Waals surface area contributed by atoms with Crippen molar-refractivity contribution in [3.05, 3.63) is 57.3 Å². The first-order valence-corrected chi connectivity index (χ1v) is 9.25. The van der Waals surface area contributed by atoms with Gasteiger partial charge in [0.05, 0.1) is 17.3 Å². The van der Waals surface area contributed by atoms with Crippen LogP contribution in [-0.4, -0.2) is 17.6 Å². The third-order valence-corrected chi connectivity index (χ3v) is 5.14. The van der Waals surface area contributed by atoms with Crippen LogP contribution in [0.2, 0.25) is 0 Å². The lowest BCUT2D eigenvalue weighted by atomic mass is 10.2. The van der Waals surface area contributed by atoms with Crippen molar-refractivity contribution < 1.29 is 9.53 Å². The number of aromatic nitrogens is 1. The molecule has 0 unspecified atom stereocenters. The first kappa shape index (κ1) is 16.9. The molecule has 0 fully saturated rings. The van der Waals surface area contributed by atoms with Gasteiger partial charge in [0.1, 0.15) is 5.75 Å². The number of benzene rings is 2. The quantitative estimate of drug-likeness (QED) is 0.636. The minimum absolute atomic E-state index is 0.236. The van der Waals surface area contributed by atoms with Crippen molar-refractivity contribution in [3.63, 3.8) is 0 Å². The molecular formula is C18H17BrN2O2S. The summed E-state index contributed by atoms with van der Waals surface area (Å²) in [6.07, 6.45) is 0.968. The molecule has 6 heteroatoms. The molecule has 2 aromatic carbocycles. The summed E-state index contributed by atoms with van der Waals surface area (Å²) < 4.78 is 9.31. The number of carbonyl (C=O) groups excluding carboxylic acids is 1. The molecule has 0 radical (unpaired) electrons. The largest absolute Gasteiger partial charge is 0.497 e. The van der Waals surface area contributed by atoms with Gasteiger partial charge in [0.25, 0.3) is 5.91 Å². The number of aryl methyl sites for hydroxylation is 1. The van der Waals surface area contributed by atoms with Crippen LogP contribution in [0.4, 0.5) is 0 Å². The SMILES string of the molecule is CCCn1c(=NC(=O)c2cccc(Br)c2)sc2cc(OC)ccc21. The maximum atomic E-state index is 12.5. The predicted octanol–water partition coefficient (Wildman–Crippen LogP) is 4.63. The van der Waals surface area contributed by atoms with E-state index >= 15 is 0 Å². The number of carbonyl (C=O) groups is 1. The number of thiazole rings is 1. The summed E-state index contributed by atoms with van der Waals surface area (Å²) in [4.78, 5) is 17.6. The number of rotatable bonds is 4. The summed E-state index contributed by atoms with van der Waals surface area (Å²) in [6, 6.07) is 13.2. The Bertz CT molecular complexity index is 959. The van der Waals surface area contributed by atoms with Crippen LogP contribution in [0.25, 0.3) is 10.2 Å². The molecule has 0 aliphatic rings. The Morgan fingerprint density at radius 1 is 1.29 bits per heavy atom. The molecule has 0 atom stereocenters. The highest BCUT2D eigenvalue weighted by molar-refractivity contribution is 9.10. The molecule has 1 aromatic heterocycles. The fourth-order valence-corrected chi connectivity index (χ4v) is 3.96. The summed E-state index contributed by atoms with van der Waals surface area (Å²) >= 11 is 4.89. The zero-order valence-corrected chi connectivity index (χ0v) is 15.9. The van der Waals surface area contributed by atoms with Crippen molar-refractivity contribution in [2.75, 3.05) is 7.11 Å². The van der Waals surface area contributed by atoms with Crippen LogP contribution in [0.15, 0.2) is 51.9 Å². The Hall–Kier alpha value is -1.92. The summed E-state index contributed by atoms with van der Waals surface area (Å²) in [6.45, 7) is 2.93. The highest BCUT2D eigenvalue weighted by atomic mass is 79.9. The Labute approximate surface area is 152 Å². The maximum absolute atomic E-state index is 12.5. The topological polar surface area (TPSA) is 43.6 Å². The number of fused-ring (bicyclic) bond motifs is 1. The van der Waals surface area contributed by atoms with Gasteiger partial charge < -0.3 is 9.30 Å². The Morgan fingerprint density at radius 3 is 2.83 bits per heavy atom. The Kier molecular flexibility index (Phi) is 5.16. The fourth-order valence-electron chi connectivity index (χ4n) is 2.48. The number of hydrogen-bond acceptors (Lipinski definition) is 3. The van der Waals surface area contributed by atoms with E-state index in [2.05, 4.69) is 32.4 Å². The van der Waals surface area contributed by atoms with Crippen LogP contribution in [0.1, 0.15) is 23.7 Å². The molecule has 24 heavy (non-hydrogen) atoms.